The number of aromatic hydroxyl groups is 1. The number of halogens is 1. The second-order valence-corrected chi connectivity index (χ2v) is 15.2. The molecule has 3 fully saturated rings. The van der Waals surface area contributed by atoms with Gasteiger partial charge in [0.1, 0.15) is 0 Å². The van der Waals surface area contributed by atoms with Crippen LogP contribution in [0.25, 0.3) is 0 Å². The van der Waals surface area contributed by atoms with Gasteiger partial charge in [-0.15, -0.1) is 0 Å². The summed E-state index contributed by atoms with van der Waals surface area (Å²) in [5.74, 6) is -5.96. The van der Waals surface area contributed by atoms with Gasteiger partial charge in [-0.3, -0.25) is 34.3 Å². The molecule has 8 rings (SSSR count). The maximum Gasteiger partial charge on any atom is 0.260 e. The number of rotatable bonds is 7. The van der Waals surface area contributed by atoms with Crippen LogP contribution in [-0.4, -0.2) is 46.6 Å². The quantitative estimate of drug-likeness (QED) is 0.118. The lowest BCUT2D eigenvalue weighted by Crippen LogP contribution is -2.53. The van der Waals surface area contributed by atoms with Gasteiger partial charge in [-0.05, 0) is 86.7 Å². The van der Waals surface area contributed by atoms with E-state index in [9.17, 15) is 24.3 Å². The second kappa shape index (κ2) is 12.8. The number of ether oxygens (including phenoxy) is 1. The number of benzene rings is 4. The Hall–Kier alpha value is -5.55. The number of carbonyl (C=O) groups is 5. The minimum Gasteiger partial charge on any atom is -0.504 e. The van der Waals surface area contributed by atoms with E-state index in [4.69, 9.17) is 4.74 Å². The summed E-state index contributed by atoms with van der Waals surface area (Å²) in [5, 5.41) is 13.0. The molecular formula is C42H36BrN3O7. The number of allylic oxidation sites excluding steroid dienone is 2. The zero-order chi connectivity index (χ0) is 37.3. The number of hydrogen-bond acceptors (Lipinski definition) is 8. The summed E-state index contributed by atoms with van der Waals surface area (Å²) >= 11 is 3.58. The number of hydrogen-bond donors (Lipinski definition) is 2. The Kier molecular flexibility index (Phi) is 8.36. The molecular weight excluding hydrogens is 738 g/mol. The zero-order valence-electron chi connectivity index (χ0n) is 29.2. The van der Waals surface area contributed by atoms with E-state index in [1.165, 1.54) is 18.9 Å². The summed E-state index contributed by atoms with van der Waals surface area (Å²) in [6.45, 7) is 3.39. The van der Waals surface area contributed by atoms with Gasteiger partial charge >= 0.3 is 0 Å². The fourth-order valence-corrected chi connectivity index (χ4v) is 9.62. The maximum atomic E-state index is 15.3. The highest BCUT2D eigenvalue weighted by Crippen LogP contribution is 2.65. The molecule has 0 bridgehead atoms. The van der Waals surface area contributed by atoms with E-state index >= 15 is 4.79 Å². The molecule has 4 amide bonds. The van der Waals surface area contributed by atoms with Gasteiger partial charge in [0, 0.05) is 21.5 Å². The molecule has 2 aliphatic carbocycles. The molecule has 0 spiro atoms. The molecule has 6 atom stereocenters. The first kappa shape index (κ1) is 34.5. The molecule has 268 valence electrons. The van der Waals surface area contributed by atoms with Crippen molar-refractivity contribution < 1.29 is 33.8 Å². The number of imide groups is 2. The number of aryl methyl sites for hydroxylation is 1. The third-order valence-corrected chi connectivity index (χ3v) is 12.0. The normalized spacial score (nSPS) is 26.2. The minimum atomic E-state index is -1.55. The van der Waals surface area contributed by atoms with E-state index < -0.39 is 52.7 Å². The molecule has 1 saturated carbocycles. The standard InChI is InChI=1S/C42H36BrN3O7/c1-22-9-13-27(14-10-22)44-46-39(50)33-21-31-29(17-18-30-35(31)40(51)45(38(30)49)28-15-11-24(12-16-28)23(2)47)36(32-19-26(43)20-34(53-3)37(32)48)42(33,41(46)52)25-7-5-4-6-8-25/h4-17,19-20,30-31,33,35-36,44,48H,18,21H2,1-3H3. The van der Waals surface area contributed by atoms with Crippen molar-refractivity contribution in [3.05, 3.63) is 129 Å². The van der Waals surface area contributed by atoms with E-state index in [0.717, 1.165) is 10.6 Å². The molecule has 4 aromatic rings. The Labute approximate surface area is 314 Å². The lowest BCUT2D eigenvalue weighted by atomic mass is 9.49. The summed E-state index contributed by atoms with van der Waals surface area (Å²) in [7, 11) is 1.44. The molecule has 0 aromatic heterocycles. The molecule has 10 nitrogen and oxygen atoms in total. The Morgan fingerprint density at radius 2 is 1.60 bits per heavy atom. The number of hydrazine groups is 1. The molecule has 2 saturated heterocycles. The van der Waals surface area contributed by atoms with Crippen LogP contribution in [0.5, 0.6) is 11.5 Å². The SMILES string of the molecule is COc1cc(Br)cc(C2C3=CCC4C(=O)N(c5ccc(C(C)=O)cc5)C(=O)C4C3CC3C(=O)N(Nc4ccc(C)cc4)C(=O)C32c2ccccc2)c1O. The highest BCUT2D eigenvalue weighted by atomic mass is 79.9. The lowest BCUT2D eigenvalue weighted by molar-refractivity contribution is -0.138. The van der Waals surface area contributed by atoms with Gasteiger partial charge in [0.05, 0.1) is 41.7 Å². The number of phenols is 1. The summed E-state index contributed by atoms with van der Waals surface area (Å²) in [6.07, 6.45) is 2.26. The number of nitrogens with zero attached hydrogens (tertiary/aromatic N) is 2. The number of ketones is 1. The first-order chi connectivity index (χ1) is 25.5. The summed E-state index contributed by atoms with van der Waals surface area (Å²) in [6, 6.07) is 26.2. The van der Waals surface area contributed by atoms with Crippen LogP contribution >= 0.6 is 15.9 Å². The third kappa shape index (κ3) is 5.15. The van der Waals surface area contributed by atoms with Crippen LogP contribution in [0.1, 0.15) is 52.7 Å². The predicted octanol–water partition coefficient (Wildman–Crippen LogP) is 6.86. The van der Waals surface area contributed by atoms with Crippen LogP contribution < -0.4 is 15.1 Å². The van der Waals surface area contributed by atoms with E-state index in [0.29, 0.717) is 38.1 Å². The van der Waals surface area contributed by atoms with Crippen molar-refractivity contribution in [3.63, 3.8) is 0 Å². The number of methoxy groups -OCH3 is 1. The Bertz CT molecular complexity index is 2240. The van der Waals surface area contributed by atoms with Crippen molar-refractivity contribution >= 4 is 56.7 Å². The number of fused-ring (bicyclic) bond motifs is 4. The molecule has 6 unspecified atom stereocenters. The fraction of sp³-hybridized carbons (Fsp3) is 0.262. The van der Waals surface area contributed by atoms with E-state index in [2.05, 4.69) is 21.4 Å². The van der Waals surface area contributed by atoms with Crippen LogP contribution in [0.15, 0.2) is 107 Å². The van der Waals surface area contributed by atoms with Gasteiger partial charge < -0.3 is 9.84 Å². The fourth-order valence-electron chi connectivity index (χ4n) is 9.16. The molecule has 53 heavy (non-hydrogen) atoms. The van der Waals surface area contributed by atoms with Gasteiger partial charge in [-0.1, -0.05) is 75.6 Å². The molecule has 0 radical (unpaired) electrons. The number of carbonyl (C=O) groups excluding carboxylic acids is 5. The predicted molar refractivity (Wildman–Crippen MR) is 200 cm³/mol. The average Bonchev–Trinajstić information content (AvgIpc) is 3.54. The summed E-state index contributed by atoms with van der Waals surface area (Å²) in [4.78, 5) is 72.0. The van der Waals surface area contributed by atoms with Crippen molar-refractivity contribution in [3.8, 4) is 11.5 Å². The molecule has 2 aliphatic heterocycles. The van der Waals surface area contributed by atoms with Gasteiger partial charge in [0.2, 0.25) is 11.8 Å². The van der Waals surface area contributed by atoms with Crippen molar-refractivity contribution in [2.45, 2.75) is 38.0 Å². The maximum absolute atomic E-state index is 15.3. The van der Waals surface area contributed by atoms with Gasteiger partial charge in [-0.25, -0.2) is 0 Å². The topological polar surface area (TPSA) is 133 Å². The Morgan fingerprint density at radius 3 is 2.26 bits per heavy atom. The van der Waals surface area contributed by atoms with Crippen molar-refractivity contribution in [2.75, 3.05) is 17.4 Å². The van der Waals surface area contributed by atoms with Crippen molar-refractivity contribution in [1.82, 2.24) is 5.01 Å². The Morgan fingerprint density at radius 1 is 0.906 bits per heavy atom. The zero-order valence-corrected chi connectivity index (χ0v) is 30.8. The van der Waals surface area contributed by atoms with Crippen LogP contribution in [0.4, 0.5) is 11.4 Å². The number of Topliss-reactive ketones (excluding diaryl/α,β-unsaturated/α-hetero) is 1. The lowest BCUT2D eigenvalue weighted by Gasteiger charge is -2.50. The van der Waals surface area contributed by atoms with E-state index in [-0.39, 0.29) is 36.0 Å². The Balaban J connectivity index is 1.32. The first-order valence-electron chi connectivity index (χ1n) is 17.5. The second-order valence-electron chi connectivity index (χ2n) is 14.3. The van der Waals surface area contributed by atoms with Crippen LogP contribution in [0.2, 0.25) is 0 Å². The van der Waals surface area contributed by atoms with Crippen LogP contribution in [0, 0.1) is 30.6 Å². The molecule has 2 N–H and O–H groups in total. The summed E-state index contributed by atoms with van der Waals surface area (Å²) in [5.41, 5.74) is 5.55. The summed E-state index contributed by atoms with van der Waals surface area (Å²) < 4.78 is 6.17. The largest absolute Gasteiger partial charge is 0.504 e. The number of nitrogens with one attached hydrogen (secondary N) is 1. The molecule has 4 aromatic carbocycles. The van der Waals surface area contributed by atoms with Crippen molar-refractivity contribution in [1.29, 1.82) is 0 Å². The van der Waals surface area contributed by atoms with Crippen LogP contribution in [-0.2, 0) is 24.6 Å². The number of phenolic OH excluding ortho intramolecular Hbond substituents is 1. The highest BCUT2D eigenvalue weighted by molar-refractivity contribution is 9.10. The number of anilines is 2. The van der Waals surface area contributed by atoms with E-state index in [1.807, 2.05) is 55.5 Å². The third-order valence-electron chi connectivity index (χ3n) is 11.5. The van der Waals surface area contributed by atoms with Gasteiger partial charge in [0.25, 0.3) is 11.8 Å². The molecule has 2 heterocycles. The van der Waals surface area contributed by atoms with Crippen molar-refractivity contribution in [2.24, 2.45) is 23.7 Å². The monoisotopic (exact) mass is 773 g/mol. The average molecular weight is 775 g/mol. The van der Waals surface area contributed by atoms with E-state index in [1.54, 1.807) is 48.5 Å². The smallest absolute Gasteiger partial charge is 0.260 e. The first-order valence-corrected chi connectivity index (χ1v) is 18.3. The highest BCUT2D eigenvalue weighted by Gasteiger charge is 2.70. The molecule has 11 heteroatoms. The minimum absolute atomic E-state index is 0.108. The molecule has 4 aliphatic rings. The number of amides is 4. The van der Waals surface area contributed by atoms with Gasteiger partial charge in [0.15, 0.2) is 17.3 Å². The van der Waals surface area contributed by atoms with Crippen LogP contribution in [0.3, 0.4) is 0 Å². The van der Waals surface area contributed by atoms with Gasteiger partial charge in [-0.2, -0.15) is 5.01 Å².